The highest BCUT2D eigenvalue weighted by Crippen LogP contribution is 1.89. The zero-order chi connectivity index (χ0) is 10.9. The fourth-order valence-electron chi connectivity index (χ4n) is 1.02. The summed E-state index contributed by atoms with van der Waals surface area (Å²) in [5.41, 5.74) is 0. The second kappa shape index (κ2) is 8.20. The molecule has 0 fully saturated rings. The second-order valence-electron chi connectivity index (χ2n) is 3.32. The molecule has 0 heterocycles. The third kappa shape index (κ3) is 8.47. The smallest absolute Gasteiger partial charge is 0.211 e. The van der Waals surface area contributed by atoms with Gasteiger partial charge in [0, 0.05) is 6.54 Å². The Labute approximate surface area is 87.5 Å². The lowest BCUT2D eigenvalue weighted by Gasteiger charge is -2.05. The van der Waals surface area contributed by atoms with Crippen LogP contribution in [0, 0.1) is 0 Å². The summed E-state index contributed by atoms with van der Waals surface area (Å²) >= 11 is 0. The Morgan fingerprint density at radius 2 is 1.64 bits per heavy atom. The van der Waals surface area contributed by atoms with Crippen molar-refractivity contribution >= 4 is 10.0 Å². The molecule has 0 saturated heterocycles. The first-order chi connectivity index (χ1) is 6.62. The van der Waals surface area contributed by atoms with Crippen LogP contribution in [-0.2, 0) is 10.0 Å². The molecule has 4 nitrogen and oxygen atoms in total. The van der Waals surface area contributed by atoms with Crippen LogP contribution in [0.4, 0.5) is 0 Å². The Balaban J connectivity index is 3.46. The predicted molar refractivity (Wildman–Crippen MR) is 59.9 cm³/mol. The maximum absolute atomic E-state index is 11.3. The van der Waals surface area contributed by atoms with Crippen molar-refractivity contribution in [3.63, 3.8) is 0 Å². The minimum Gasteiger partial charge on any atom is -0.317 e. The van der Waals surface area contributed by atoms with Gasteiger partial charge in [-0.3, -0.25) is 0 Å². The molecule has 0 aliphatic heterocycles. The van der Waals surface area contributed by atoms with E-state index in [9.17, 15) is 8.42 Å². The van der Waals surface area contributed by atoms with Crippen LogP contribution in [0.25, 0.3) is 0 Å². The summed E-state index contributed by atoms with van der Waals surface area (Å²) in [5.74, 6) is 0.226. The summed E-state index contributed by atoms with van der Waals surface area (Å²) < 4.78 is 25.1. The molecule has 0 radical (unpaired) electrons. The molecule has 0 aromatic rings. The number of hydrogen-bond donors (Lipinski definition) is 2. The monoisotopic (exact) mass is 222 g/mol. The van der Waals surface area contributed by atoms with Gasteiger partial charge in [-0.1, -0.05) is 13.8 Å². The average molecular weight is 222 g/mol. The number of sulfonamides is 1. The fourth-order valence-corrected chi connectivity index (χ4v) is 2.20. The van der Waals surface area contributed by atoms with E-state index in [1.807, 2.05) is 6.92 Å². The van der Waals surface area contributed by atoms with Crippen molar-refractivity contribution in [3.05, 3.63) is 0 Å². The zero-order valence-electron chi connectivity index (χ0n) is 9.17. The Morgan fingerprint density at radius 3 is 2.21 bits per heavy atom. The Bertz CT molecular complexity index is 215. The largest absolute Gasteiger partial charge is 0.317 e. The first-order valence-electron chi connectivity index (χ1n) is 5.30. The maximum atomic E-state index is 11.3. The van der Waals surface area contributed by atoms with E-state index < -0.39 is 10.0 Å². The normalized spacial score (nSPS) is 11.9. The van der Waals surface area contributed by atoms with Gasteiger partial charge in [-0.2, -0.15) is 0 Å². The average Bonchev–Trinajstić information content (AvgIpc) is 2.15. The van der Waals surface area contributed by atoms with Gasteiger partial charge >= 0.3 is 0 Å². The molecule has 0 spiro atoms. The van der Waals surface area contributed by atoms with E-state index in [0.717, 1.165) is 25.9 Å². The third-order valence-corrected chi connectivity index (χ3v) is 3.24. The number of hydrogen-bond acceptors (Lipinski definition) is 3. The lowest BCUT2D eigenvalue weighted by atomic mass is 10.4. The van der Waals surface area contributed by atoms with Gasteiger partial charge in [-0.15, -0.1) is 0 Å². The van der Waals surface area contributed by atoms with Gasteiger partial charge in [0.25, 0.3) is 0 Å². The summed E-state index contributed by atoms with van der Waals surface area (Å²) in [6.45, 7) is 6.33. The van der Waals surface area contributed by atoms with Crippen molar-refractivity contribution in [2.75, 3.05) is 25.4 Å². The highest BCUT2D eigenvalue weighted by atomic mass is 32.2. The van der Waals surface area contributed by atoms with Crippen LogP contribution in [0.5, 0.6) is 0 Å². The number of rotatable bonds is 9. The van der Waals surface area contributed by atoms with Gasteiger partial charge in [-0.05, 0) is 32.4 Å². The lowest BCUT2D eigenvalue weighted by Crippen LogP contribution is -2.29. The third-order valence-electron chi connectivity index (χ3n) is 1.77. The van der Waals surface area contributed by atoms with Crippen LogP contribution in [0.15, 0.2) is 0 Å². The summed E-state index contributed by atoms with van der Waals surface area (Å²) in [6.07, 6.45) is 2.60. The van der Waals surface area contributed by atoms with Crippen molar-refractivity contribution in [3.8, 4) is 0 Å². The molecular weight excluding hydrogens is 200 g/mol. The summed E-state index contributed by atoms with van der Waals surface area (Å²) in [6, 6.07) is 0. The minimum absolute atomic E-state index is 0.226. The Kier molecular flexibility index (Phi) is 8.12. The Morgan fingerprint density at radius 1 is 1.00 bits per heavy atom. The molecule has 86 valence electrons. The molecule has 5 heteroatoms. The molecule has 0 aliphatic carbocycles. The van der Waals surface area contributed by atoms with Crippen LogP contribution in [0.2, 0.25) is 0 Å². The van der Waals surface area contributed by atoms with Gasteiger partial charge < -0.3 is 5.32 Å². The Hall–Kier alpha value is -0.130. The van der Waals surface area contributed by atoms with Gasteiger partial charge in [0.2, 0.25) is 10.0 Å². The van der Waals surface area contributed by atoms with Crippen LogP contribution in [-0.4, -0.2) is 33.8 Å². The van der Waals surface area contributed by atoms with Crippen molar-refractivity contribution in [2.24, 2.45) is 0 Å². The molecule has 0 aromatic heterocycles. The fraction of sp³-hybridized carbons (Fsp3) is 1.00. The van der Waals surface area contributed by atoms with E-state index in [2.05, 4.69) is 17.0 Å². The van der Waals surface area contributed by atoms with Crippen LogP contribution >= 0.6 is 0 Å². The van der Waals surface area contributed by atoms with E-state index >= 15 is 0 Å². The highest BCUT2D eigenvalue weighted by molar-refractivity contribution is 7.89. The standard InChI is InChI=1S/C9H22N2O2S/c1-3-6-10-8-5-9-14(12,13)11-7-4-2/h10-11H,3-9H2,1-2H3. The van der Waals surface area contributed by atoms with Crippen molar-refractivity contribution in [2.45, 2.75) is 33.1 Å². The van der Waals surface area contributed by atoms with Gasteiger partial charge in [-0.25, -0.2) is 13.1 Å². The SMILES string of the molecule is CCCNCCCS(=O)(=O)NCCC. The minimum atomic E-state index is -3.02. The van der Waals surface area contributed by atoms with E-state index in [1.54, 1.807) is 0 Å². The quantitative estimate of drug-likeness (QED) is 0.565. The van der Waals surface area contributed by atoms with Gasteiger partial charge in [0.1, 0.15) is 0 Å². The summed E-state index contributed by atoms with van der Waals surface area (Å²) in [5, 5.41) is 3.17. The van der Waals surface area contributed by atoms with Crippen LogP contribution < -0.4 is 10.0 Å². The van der Waals surface area contributed by atoms with Gasteiger partial charge in [0.05, 0.1) is 5.75 Å². The summed E-state index contributed by atoms with van der Waals surface area (Å²) in [4.78, 5) is 0. The molecule has 2 N–H and O–H groups in total. The maximum Gasteiger partial charge on any atom is 0.211 e. The first kappa shape index (κ1) is 13.9. The van der Waals surface area contributed by atoms with E-state index in [0.29, 0.717) is 13.0 Å². The van der Waals surface area contributed by atoms with Crippen LogP contribution in [0.1, 0.15) is 33.1 Å². The first-order valence-corrected chi connectivity index (χ1v) is 6.95. The molecule has 0 unspecified atom stereocenters. The molecule has 0 bridgehead atoms. The lowest BCUT2D eigenvalue weighted by molar-refractivity contribution is 0.574. The molecule has 0 amide bonds. The zero-order valence-corrected chi connectivity index (χ0v) is 9.99. The molecule has 0 atom stereocenters. The molecule has 0 aliphatic rings. The van der Waals surface area contributed by atoms with Crippen molar-refractivity contribution < 1.29 is 8.42 Å². The van der Waals surface area contributed by atoms with Crippen molar-refractivity contribution in [1.82, 2.24) is 10.0 Å². The predicted octanol–water partition coefficient (Wildman–Crippen LogP) is 0.706. The summed E-state index contributed by atoms with van der Waals surface area (Å²) in [7, 11) is -3.02. The topological polar surface area (TPSA) is 58.2 Å². The molecule has 0 rings (SSSR count). The van der Waals surface area contributed by atoms with E-state index in [-0.39, 0.29) is 5.75 Å². The highest BCUT2D eigenvalue weighted by Gasteiger charge is 2.07. The molecular formula is C9H22N2O2S. The second-order valence-corrected chi connectivity index (χ2v) is 5.24. The van der Waals surface area contributed by atoms with Crippen molar-refractivity contribution in [1.29, 1.82) is 0 Å². The van der Waals surface area contributed by atoms with E-state index in [4.69, 9.17) is 0 Å². The molecule has 0 aromatic carbocycles. The van der Waals surface area contributed by atoms with Gasteiger partial charge in [0.15, 0.2) is 0 Å². The number of nitrogens with one attached hydrogen (secondary N) is 2. The van der Waals surface area contributed by atoms with Crippen LogP contribution in [0.3, 0.4) is 0 Å². The molecule has 0 saturated carbocycles. The molecule has 14 heavy (non-hydrogen) atoms. The van der Waals surface area contributed by atoms with E-state index in [1.165, 1.54) is 0 Å².